The number of likely N-dealkylation sites (tertiary alicyclic amines) is 1. The van der Waals surface area contributed by atoms with E-state index in [1.54, 1.807) is 12.0 Å². The predicted octanol–water partition coefficient (Wildman–Crippen LogP) is 1.38. The van der Waals surface area contributed by atoms with Crippen molar-refractivity contribution in [2.24, 2.45) is 0 Å². The van der Waals surface area contributed by atoms with Crippen LogP contribution in [0.15, 0.2) is 24.3 Å². The first-order chi connectivity index (χ1) is 10.5. The van der Waals surface area contributed by atoms with Crippen LogP contribution in [0.4, 0.5) is 0 Å². The van der Waals surface area contributed by atoms with Gasteiger partial charge < -0.3 is 19.5 Å². The molecular weight excluding hydrogens is 282 g/mol. The highest BCUT2D eigenvalue weighted by Gasteiger charge is 2.55. The van der Waals surface area contributed by atoms with Gasteiger partial charge in [-0.05, 0) is 24.1 Å². The van der Waals surface area contributed by atoms with Crippen LogP contribution in [0.3, 0.4) is 0 Å². The van der Waals surface area contributed by atoms with E-state index >= 15 is 0 Å². The Morgan fingerprint density at radius 3 is 2.86 bits per heavy atom. The van der Waals surface area contributed by atoms with Crippen molar-refractivity contribution in [2.45, 2.75) is 37.4 Å². The fourth-order valence-electron chi connectivity index (χ4n) is 3.31. The molecule has 1 aromatic rings. The largest absolute Gasteiger partial charge is 0.497 e. The van der Waals surface area contributed by atoms with E-state index in [9.17, 15) is 9.90 Å². The van der Waals surface area contributed by atoms with Crippen molar-refractivity contribution in [1.82, 2.24) is 4.90 Å². The average molecular weight is 305 g/mol. The molecule has 3 rings (SSSR count). The molecular formula is C17H23NO4. The Morgan fingerprint density at radius 1 is 1.45 bits per heavy atom. The fraction of sp³-hybridized carbons (Fsp3) is 0.588. The van der Waals surface area contributed by atoms with Gasteiger partial charge in [-0.25, -0.2) is 0 Å². The molecule has 2 aliphatic heterocycles. The summed E-state index contributed by atoms with van der Waals surface area (Å²) in [5.41, 5.74) is -0.0980. The summed E-state index contributed by atoms with van der Waals surface area (Å²) in [5.74, 6) is 0.854. The second-order valence-electron chi connectivity index (χ2n) is 6.50. The molecule has 1 atom stereocenters. The second-order valence-corrected chi connectivity index (χ2v) is 6.50. The lowest BCUT2D eigenvalue weighted by Crippen LogP contribution is -2.63. The molecule has 0 aliphatic carbocycles. The Hall–Kier alpha value is -1.59. The first kappa shape index (κ1) is 15.3. The summed E-state index contributed by atoms with van der Waals surface area (Å²) in [6.07, 6.45) is 1.68. The van der Waals surface area contributed by atoms with E-state index < -0.39 is 5.60 Å². The van der Waals surface area contributed by atoms with Crippen LogP contribution in [0, 0.1) is 0 Å². The van der Waals surface area contributed by atoms with Crippen molar-refractivity contribution in [3.05, 3.63) is 29.8 Å². The topological polar surface area (TPSA) is 59.0 Å². The summed E-state index contributed by atoms with van der Waals surface area (Å²) in [7, 11) is 1.62. The molecule has 5 nitrogen and oxygen atoms in total. The predicted molar refractivity (Wildman–Crippen MR) is 81.8 cm³/mol. The first-order valence-electron chi connectivity index (χ1n) is 7.75. The number of hydrogen-bond acceptors (Lipinski definition) is 4. The number of carbonyl (C=O) groups is 1. The van der Waals surface area contributed by atoms with Gasteiger partial charge in [-0.15, -0.1) is 0 Å². The second kappa shape index (κ2) is 5.56. The molecule has 1 unspecified atom stereocenters. The minimum absolute atomic E-state index is 0.0921. The van der Waals surface area contributed by atoms with Crippen LogP contribution in [0.25, 0.3) is 0 Å². The van der Waals surface area contributed by atoms with Gasteiger partial charge in [0.15, 0.2) is 0 Å². The monoisotopic (exact) mass is 305 g/mol. The molecule has 2 heterocycles. The Bertz CT molecular complexity index is 568. The number of methoxy groups -OCH3 is 1. The van der Waals surface area contributed by atoms with Crippen LogP contribution in [-0.2, 0) is 16.0 Å². The van der Waals surface area contributed by atoms with Crippen LogP contribution in [0.1, 0.15) is 25.3 Å². The molecule has 1 spiro atoms. The van der Waals surface area contributed by atoms with Crippen molar-refractivity contribution in [3.8, 4) is 5.75 Å². The zero-order valence-corrected chi connectivity index (χ0v) is 13.2. The van der Waals surface area contributed by atoms with Crippen molar-refractivity contribution in [1.29, 1.82) is 0 Å². The third-order valence-electron chi connectivity index (χ3n) is 4.76. The van der Waals surface area contributed by atoms with Gasteiger partial charge >= 0.3 is 0 Å². The van der Waals surface area contributed by atoms with E-state index in [0.717, 1.165) is 11.3 Å². The third kappa shape index (κ3) is 2.83. The van der Waals surface area contributed by atoms with Crippen LogP contribution in [0.2, 0.25) is 0 Å². The maximum Gasteiger partial charge on any atom is 0.227 e. The molecule has 0 saturated carbocycles. The van der Waals surface area contributed by atoms with E-state index in [1.807, 2.05) is 31.2 Å². The maximum atomic E-state index is 12.3. The van der Waals surface area contributed by atoms with Gasteiger partial charge in [0.1, 0.15) is 11.4 Å². The highest BCUT2D eigenvalue weighted by molar-refractivity contribution is 5.80. The van der Waals surface area contributed by atoms with Gasteiger partial charge in [0, 0.05) is 6.42 Å². The van der Waals surface area contributed by atoms with Crippen molar-refractivity contribution in [2.75, 3.05) is 26.8 Å². The van der Waals surface area contributed by atoms with E-state index in [0.29, 0.717) is 39.0 Å². The van der Waals surface area contributed by atoms with Gasteiger partial charge in [0.25, 0.3) is 0 Å². The molecule has 2 aliphatic rings. The SMILES string of the molecule is CCC1(O)COC2(CN(C(=O)Cc3cccc(OC)c3)C2)C1. The van der Waals surface area contributed by atoms with Crippen LogP contribution >= 0.6 is 0 Å². The quantitative estimate of drug-likeness (QED) is 0.913. The lowest BCUT2D eigenvalue weighted by Gasteiger charge is -2.47. The van der Waals surface area contributed by atoms with E-state index in [2.05, 4.69) is 0 Å². The maximum absolute atomic E-state index is 12.3. The minimum atomic E-state index is -0.720. The molecule has 2 fully saturated rings. The van der Waals surface area contributed by atoms with Crippen molar-refractivity contribution in [3.63, 3.8) is 0 Å². The fourth-order valence-corrected chi connectivity index (χ4v) is 3.31. The van der Waals surface area contributed by atoms with Gasteiger partial charge in [0.05, 0.1) is 38.8 Å². The van der Waals surface area contributed by atoms with Gasteiger partial charge in [-0.1, -0.05) is 19.1 Å². The summed E-state index contributed by atoms with van der Waals surface area (Å²) in [5, 5.41) is 10.3. The minimum Gasteiger partial charge on any atom is -0.497 e. The number of aliphatic hydroxyl groups is 1. The summed E-state index contributed by atoms with van der Waals surface area (Å²) in [6.45, 7) is 3.50. The zero-order chi connectivity index (χ0) is 15.8. The van der Waals surface area contributed by atoms with E-state index in [-0.39, 0.29) is 11.5 Å². The number of hydrogen-bond donors (Lipinski definition) is 1. The number of carbonyl (C=O) groups excluding carboxylic acids is 1. The van der Waals surface area contributed by atoms with Gasteiger partial charge in [-0.3, -0.25) is 4.79 Å². The normalized spacial score (nSPS) is 26.0. The van der Waals surface area contributed by atoms with Crippen LogP contribution < -0.4 is 4.74 Å². The molecule has 0 aromatic heterocycles. The summed E-state index contributed by atoms with van der Waals surface area (Å²) in [4.78, 5) is 14.1. The molecule has 0 radical (unpaired) electrons. The van der Waals surface area contributed by atoms with Gasteiger partial charge in [-0.2, -0.15) is 0 Å². The molecule has 1 amide bonds. The summed E-state index contributed by atoms with van der Waals surface area (Å²) < 4.78 is 11.0. The van der Waals surface area contributed by atoms with E-state index in [4.69, 9.17) is 9.47 Å². The number of nitrogens with zero attached hydrogens (tertiary/aromatic N) is 1. The Balaban J connectivity index is 1.56. The molecule has 0 bridgehead atoms. The van der Waals surface area contributed by atoms with E-state index in [1.165, 1.54) is 0 Å². The number of ether oxygens (including phenoxy) is 2. The number of benzene rings is 1. The zero-order valence-electron chi connectivity index (χ0n) is 13.2. The highest BCUT2D eigenvalue weighted by Crippen LogP contribution is 2.41. The molecule has 22 heavy (non-hydrogen) atoms. The first-order valence-corrected chi connectivity index (χ1v) is 7.75. The van der Waals surface area contributed by atoms with Crippen molar-refractivity contribution < 1.29 is 19.4 Å². The summed E-state index contributed by atoms with van der Waals surface area (Å²) >= 11 is 0. The van der Waals surface area contributed by atoms with Crippen LogP contribution in [0.5, 0.6) is 5.75 Å². The molecule has 120 valence electrons. The molecule has 1 N–H and O–H groups in total. The third-order valence-corrected chi connectivity index (χ3v) is 4.76. The highest BCUT2D eigenvalue weighted by atomic mass is 16.5. The smallest absolute Gasteiger partial charge is 0.227 e. The molecule has 2 saturated heterocycles. The molecule has 5 heteroatoms. The average Bonchev–Trinajstić information content (AvgIpc) is 2.85. The Kier molecular flexibility index (Phi) is 3.87. The number of rotatable bonds is 4. The Labute approximate surface area is 130 Å². The van der Waals surface area contributed by atoms with Gasteiger partial charge in [0.2, 0.25) is 5.91 Å². The Morgan fingerprint density at radius 2 is 2.23 bits per heavy atom. The standard InChI is InChI=1S/C17H23NO4/c1-3-16(20)9-17(22-12-16)10-18(11-17)15(19)8-13-5-4-6-14(7-13)21-2/h4-7,20H,3,8-12H2,1-2H3. The van der Waals surface area contributed by atoms with Crippen molar-refractivity contribution >= 4 is 5.91 Å². The van der Waals surface area contributed by atoms with Crippen LogP contribution in [-0.4, -0.2) is 53.9 Å². The summed E-state index contributed by atoms with van der Waals surface area (Å²) in [6, 6.07) is 7.57. The lowest BCUT2D eigenvalue weighted by atomic mass is 9.83. The number of amides is 1. The molecule has 1 aromatic carbocycles. The lowest BCUT2D eigenvalue weighted by molar-refractivity contribution is -0.157.